The van der Waals surface area contributed by atoms with E-state index < -0.39 is 5.54 Å². The van der Waals surface area contributed by atoms with Gasteiger partial charge in [0.05, 0.1) is 23.5 Å². The highest BCUT2D eigenvalue weighted by atomic mass is 16.5. The van der Waals surface area contributed by atoms with E-state index in [9.17, 15) is 5.11 Å². The fraction of sp³-hybridized carbons (Fsp3) is 0.400. The van der Waals surface area contributed by atoms with Crippen LogP contribution in [0.25, 0.3) is 0 Å². The molecule has 0 unspecified atom stereocenters. The smallest absolute Gasteiger partial charge is 0.140 e. The minimum Gasteiger partial charge on any atom is -0.506 e. The minimum absolute atomic E-state index is 0.00979. The average Bonchev–Trinajstić information content (AvgIpc) is 2.21. The lowest BCUT2D eigenvalue weighted by atomic mass is 10.1. The minimum atomic E-state index is -0.508. The number of anilines is 2. The SMILES string of the molecule is CC(C)(CO)Nc1ccc(NO)cc1O. The maximum atomic E-state index is 9.59. The van der Waals surface area contributed by atoms with Crippen LogP contribution in [0.5, 0.6) is 5.75 Å². The van der Waals surface area contributed by atoms with E-state index in [-0.39, 0.29) is 12.4 Å². The molecule has 1 aromatic rings. The van der Waals surface area contributed by atoms with E-state index in [2.05, 4.69) is 5.32 Å². The zero-order valence-electron chi connectivity index (χ0n) is 8.78. The first-order valence-electron chi connectivity index (χ1n) is 4.61. The molecule has 1 aromatic carbocycles. The van der Waals surface area contributed by atoms with Gasteiger partial charge in [-0.15, -0.1) is 0 Å². The lowest BCUT2D eigenvalue weighted by Crippen LogP contribution is -2.34. The van der Waals surface area contributed by atoms with Gasteiger partial charge in [-0.25, -0.2) is 0 Å². The van der Waals surface area contributed by atoms with Crippen LogP contribution >= 0.6 is 0 Å². The van der Waals surface area contributed by atoms with Gasteiger partial charge in [-0.1, -0.05) is 0 Å². The van der Waals surface area contributed by atoms with E-state index in [4.69, 9.17) is 10.3 Å². The number of rotatable bonds is 4. The van der Waals surface area contributed by atoms with Gasteiger partial charge in [0.25, 0.3) is 0 Å². The van der Waals surface area contributed by atoms with Gasteiger partial charge >= 0.3 is 0 Å². The van der Waals surface area contributed by atoms with Crippen LogP contribution in [0.2, 0.25) is 0 Å². The van der Waals surface area contributed by atoms with Gasteiger partial charge in [-0.05, 0) is 26.0 Å². The number of phenols is 1. The van der Waals surface area contributed by atoms with Crippen LogP contribution in [-0.2, 0) is 0 Å². The first-order valence-corrected chi connectivity index (χ1v) is 4.61. The van der Waals surface area contributed by atoms with Crippen LogP contribution in [0.4, 0.5) is 11.4 Å². The van der Waals surface area contributed by atoms with E-state index in [1.165, 1.54) is 6.07 Å². The molecule has 0 saturated heterocycles. The summed E-state index contributed by atoms with van der Waals surface area (Å²) in [6.07, 6.45) is 0. The second-order valence-corrected chi connectivity index (χ2v) is 4.01. The van der Waals surface area contributed by atoms with Crippen LogP contribution in [0, 0.1) is 0 Å². The van der Waals surface area contributed by atoms with Crippen molar-refractivity contribution in [2.24, 2.45) is 0 Å². The molecule has 0 aromatic heterocycles. The van der Waals surface area contributed by atoms with Gasteiger partial charge in [-0.3, -0.25) is 10.7 Å². The summed E-state index contributed by atoms with van der Waals surface area (Å²) in [5.41, 5.74) is 2.34. The van der Waals surface area contributed by atoms with Gasteiger partial charge < -0.3 is 15.5 Å². The van der Waals surface area contributed by atoms with Gasteiger partial charge in [-0.2, -0.15) is 0 Å². The van der Waals surface area contributed by atoms with Crippen LogP contribution in [0.1, 0.15) is 13.8 Å². The molecule has 0 fully saturated rings. The number of aliphatic hydroxyl groups excluding tert-OH is 1. The van der Waals surface area contributed by atoms with Crippen molar-refractivity contribution in [3.63, 3.8) is 0 Å². The first kappa shape index (κ1) is 11.6. The maximum Gasteiger partial charge on any atom is 0.140 e. The molecular weight excluding hydrogens is 196 g/mol. The van der Waals surface area contributed by atoms with E-state index in [0.29, 0.717) is 11.4 Å². The monoisotopic (exact) mass is 212 g/mol. The van der Waals surface area contributed by atoms with Crippen molar-refractivity contribution < 1.29 is 15.4 Å². The van der Waals surface area contributed by atoms with Crippen molar-refractivity contribution in [3.8, 4) is 5.75 Å². The Morgan fingerprint density at radius 1 is 1.33 bits per heavy atom. The maximum absolute atomic E-state index is 9.59. The Hall–Kier alpha value is -1.46. The van der Waals surface area contributed by atoms with Crippen molar-refractivity contribution in [2.45, 2.75) is 19.4 Å². The molecule has 84 valence electrons. The lowest BCUT2D eigenvalue weighted by Gasteiger charge is -2.25. The summed E-state index contributed by atoms with van der Waals surface area (Å²) in [4.78, 5) is 0. The van der Waals surface area contributed by atoms with Gasteiger partial charge in [0.15, 0.2) is 0 Å². The molecule has 0 saturated carbocycles. The molecule has 0 heterocycles. The predicted molar refractivity (Wildman–Crippen MR) is 58.3 cm³/mol. The van der Waals surface area contributed by atoms with E-state index in [1.807, 2.05) is 19.3 Å². The van der Waals surface area contributed by atoms with Gasteiger partial charge in [0.1, 0.15) is 5.75 Å². The molecular formula is C10H16N2O3. The second-order valence-electron chi connectivity index (χ2n) is 4.01. The Morgan fingerprint density at radius 3 is 2.47 bits per heavy atom. The Bertz CT molecular complexity index is 339. The summed E-state index contributed by atoms with van der Waals surface area (Å²) in [5, 5.41) is 30.2. The van der Waals surface area contributed by atoms with Crippen LogP contribution < -0.4 is 10.8 Å². The third-order valence-electron chi connectivity index (χ3n) is 2.00. The molecule has 0 aliphatic rings. The van der Waals surface area contributed by atoms with Crippen molar-refractivity contribution >= 4 is 11.4 Å². The molecule has 15 heavy (non-hydrogen) atoms. The van der Waals surface area contributed by atoms with Gasteiger partial charge in [0.2, 0.25) is 0 Å². The third-order valence-corrected chi connectivity index (χ3v) is 2.00. The molecule has 1 rings (SSSR count). The number of hydrogen-bond donors (Lipinski definition) is 5. The molecule has 0 amide bonds. The number of aliphatic hydroxyl groups is 1. The summed E-state index contributed by atoms with van der Waals surface area (Å²) in [6, 6.07) is 4.61. The molecule has 5 nitrogen and oxygen atoms in total. The Balaban J connectivity index is 2.87. The molecule has 5 N–H and O–H groups in total. The number of nitrogens with one attached hydrogen (secondary N) is 2. The van der Waals surface area contributed by atoms with Crippen molar-refractivity contribution in [3.05, 3.63) is 18.2 Å². The van der Waals surface area contributed by atoms with E-state index >= 15 is 0 Å². The van der Waals surface area contributed by atoms with Crippen molar-refractivity contribution in [2.75, 3.05) is 17.4 Å². The molecule has 0 aliphatic heterocycles. The van der Waals surface area contributed by atoms with Crippen LogP contribution in [0.15, 0.2) is 18.2 Å². The highest BCUT2D eigenvalue weighted by Crippen LogP contribution is 2.28. The van der Waals surface area contributed by atoms with Gasteiger partial charge in [0, 0.05) is 6.07 Å². The average molecular weight is 212 g/mol. The molecule has 0 atom stereocenters. The standard InChI is InChI=1S/C10H16N2O3/c1-10(2,6-13)11-8-4-3-7(12-15)5-9(8)14/h3-5,11-15H,6H2,1-2H3. The highest BCUT2D eigenvalue weighted by Gasteiger charge is 2.17. The Kier molecular flexibility index (Phi) is 3.39. The van der Waals surface area contributed by atoms with E-state index in [1.54, 1.807) is 12.1 Å². The van der Waals surface area contributed by atoms with E-state index in [0.717, 1.165) is 0 Å². The number of phenolic OH excluding ortho intramolecular Hbond substituents is 1. The van der Waals surface area contributed by atoms with Crippen LogP contribution in [0.3, 0.4) is 0 Å². The number of benzene rings is 1. The molecule has 0 spiro atoms. The molecule has 0 radical (unpaired) electrons. The summed E-state index contributed by atoms with van der Waals surface area (Å²) in [6.45, 7) is 3.57. The summed E-state index contributed by atoms with van der Waals surface area (Å²) < 4.78 is 0. The first-order chi connectivity index (χ1) is 6.98. The highest BCUT2D eigenvalue weighted by molar-refractivity contribution is 5.63. The third kappa shape index (κ3) is 3.00. The van der Waals surface area contributed by atoms with Crippen LogP contribution in [-0.4, -0.2) is 27.6 Å². The topological polar surface area (TPSA) is 84.8 Å². The number of aromatic hydroxyl groups is 1. The summed E-state index contributed by atoms with van der Waals surface area (Å²) in [5.74, 6) is 0.00979. The zero-order chi connectivity index (χ0) is 11.5. The molecule has 5 heteroatoms. The Labute approximate surface area is 88.3 Å². The lowest BCUT2D eigenvalue weighted by molar-refractivity contribution is 0.234. The predicted octanol–water partition coefficient (Wildman–Crippen LogP) is 1.38. The quantitative estimate of drug-likeness (QED) is 0.384. The second kappa shape index (κ2) is 4.37. The summed E-state index contributed by atoms with van der Waals surface area (Å²) in [7, 11) is 0. The fourth-order valence-electron chi connectivity index (χ4n) is 1.11. The summed E-state index contributed by atoms with van der Waals surface area (Å²) >= 11 is 0. The largest absolute Gasteiger partial charge is 0.506 e. The molecule has 0 aliphatic carbocycles. The Morgan fingerprint density at radius 2 is 2.00 bits per heavy atom. The number of hydrogen-bond acceptors (Lipinski definition) is 5. The fourth-order valence-corrected chi connectivity index (χ4v) is 1.11. The normalized spacial score (nSPS) is 11.2. The molecule has 0 bridgehead atoms. The van der Waals surface area contributed by atoms with Crippen molar-refractivity contribution in [1.82, 2.24) is 0 Å². The zero-order valence-corrected chi connectivity index (χ0v) is 8.78. The van der Waals surface area contributed by atoms with Crippen molar-refractivity contribution in [1.29, 1.82) is 0 Å².